The number of nitrogens with one attached hydrogen (secondary N) is 2. The Morgan fingerprint density at radius 1 is 1.47 bits per heavy atom. The number of anilines is 1. The van der Waals surface area contributed by atoms with Crippen LogP contribution in [-0.2, 0) is 9.53 Å². The number of para-hydroxylation sites is 1. The average molecular weight is 327 g/mol. The first kappa shape index (κ1) is 14.5. The molecular weight excluding hydrogens is 308 g/mol. The molecule has 2 N–H and O–H groups in total. The van der Waals surface area contributed by atoms with Crippen LogP contribution in [-0.4, -0.2) is 31.7 Å². The minimum absolute atomic E-state index is 0.0292. The number of hydrogen-bond donors (Lipinski definition) is 2. The standard InChI is InChI=1S/C14H19BrN2O2/c1-10-11(6-7-19-10)8-16-9-14(18)17-13-5-3-2-4-12(13)15/h2-5,10-11,16H,6-9H2,1H3,(H,17,18). The topological polar surface area (TPSA) is 50.4 Å². The summed E-state index contributed by atoms with van der Waals surface area (Å²) in [5.74, 6) is 0.481. The van der Waals surface area contributed by atoms with Gasteiger partial charge < -0.3 is 15.4 Å². The first-order valence-corrected chi connectivity index (χ1v) is 7.33. The van der Waals surface area contributed by atoms with Crippen molar-refractivity contribution in [1.82, 2.24) is 5.32 Å². The van der Waals surface area contributed by atoms with Gasteiger partial charge in [-0.2, -0.15) is 0 Å². The predicted octanol–water partition coefficient (Wildman–Crippen LogP) is 2.40. The van der Waals surface area contributed by atoms with E-state index < -0.39 is 0 Å². The Labute approximate surface area is 122 Å². The fourth-order valence-corrected chi connectivity index (χ4v) is 2.56. The van der Waals surface area contributed by atoms with Gasteiger partial charge >= 0.3 is 0 Å². The summed E-state index contributed by atoms with van der Waals surface area (Å²) < 4.78 is 6.38. The number of halogens is 1. The fraction of sp³-hybridized carbons (Fsp3) is 0.500. The third-order valence-electron chi connectivity index (χ3n) is 3.37. The van der Waals surface area contributed by atoms with Gasteiger partial charge in [0.1, 0.15) is 0 Å². The van der Waals surface area contributed by atoms with Crippen molar-refractivity contribution in [2.75, 3.05) is 25.0 Å². The normalized spacial score (nSPS) is 22.4. The molecule has 1 aromatic rings. The van der Waals surface area contributed by atoms with Crippen molar-refractivity contribution in [3.8, 4) is 0 Å². The van der Waals surface area contributed by atoms with Crippen LogP contribution < -0.4 is 10.6 Å². The molecule has 0 saturated carbocycles. The highest BCUT2D eigenvalue weighted by molar-refractivity contribution is 9.10. The molecule has 1 aliphatic heterocycles. The van der Waals surface area contributed by atoms with Crippen LogP contribution in [0.4, 0.5) is 5.69 Å². The van der Waals surface area contributed by atoms with E-state index in [-0.39, 0.29) is 5.91 Å². The molecule has 0 aromatic heterocycles. The van der Waals surface area contributed by atoms with Gasteiger partial charge in [0.2, 0.25) is 5.91 Å². The molecule has 5 heteroatoms. The predicted molar refractivity (Wildman–Crippen MR) is 79.2 cm³/mol. The van der Waals surface area contributed by atoms with Crippen LogP contribution in [0.15, 0.2) is 28.7 Å². The number of benzene rings is 1. The molecule has 1 aromatic carbocycles. The summed E-state index contributed by atoms with van der Waals surface area (Å²) in [7, 11) is 0. The van der Waals surface area contributed by atoms with E-state index in [2.05, 4.69) is 33.5 Å². The van der Waals surface area contributed by atoms with Crippen molar-refractivity contribution >= 4 is 27.5 Å². The third kappa shape index (κ3) is 4.30. The van der Waals surface area contributed by atoms with Gasteiger partial charge in [-0.15, -0.1) is 0 Å². The molecule has 2 unspecified atom stereocenters. The molecule has 1 heterocycles. The van der Waals surface area contributed by atoms with Crippen molar-refractivity contribution in [2.45, 2.75) is 19.4 Å². The molecule has 0 spiro atoms. The summed E-state index contributed by atoms with van der Waals surface area (Å²) in [6.07, 6.45) is 1.36. The Balaban J connectivity index is 1.72. The maximum atomic E-state index is 11.8. The minimum Gasteiger partial charge on any atom is -0.378 e. The van der Waals surface area contributed by atoms with Gasteiger partial charge in [0.25, 0.3) is 0 Å². The van der Waals surface area contributed by atoms with Crippen LogP contribution in [0, 0.1) is 5.92 Å². The second-order valence-corrected chi connectivity index (χ2v) is 5.64. The first-order valence-electron chi connectivity index (χ1n) is 6.53. The Bertz CT molecular complexity index is 439. The van der Waals surface area contributed by atoms with E-state index in [0.717, 1.165) is 29.7 Å². The summed E-state index contributed by atoms with van der Waals surface area (Å²) in [5, 5.41) is 6.06. The molecule has 0 aliphatic carbocycles. The number of rotatable bonds is 5. The van der Waals surface area contributed by atoms with Crippen LogP contribution in [0.2, 0.25) is 0 Å². The van der Waals surface area contributed by atoms with Gasteiger partial charge in [-0.25, -0.2) is 0 Å². The molecule has 0 bridgehead atoms. The van der Waals surface area contributed by atoms with Crippen molar-refractivity contribution in [2.24, 2.45) is 5.92 Å². The molecule has 1 amide bonds. The number of ether oxygens (including phenoxy) is 1. The molecular formula is C14H19BrN2O2. The number of carbonyl (C=O) groups is 1. The van der Waals surface area contributed by atoms with Crippen molar-refractivity contribution in [1.29, 1.82) is 0 Å². The third-order valence-corrected chi connectivity index (χ3v) is 4.06. The van der Waals surface area contributed by atoms with Crippen molar-refractivity contribution in [3.05, 3.63) is 28.7 Å². The summed E-state index contributed by atoms with van der Waals surface area (Å²) >= 11 is 3.40. The Kier molecular flexibility index (Phi) is 5.36. The van der Waals surface area contributed by atoms with E-state index in [0.29, 0.717) is 18.6 Å². The van der Waals surface area contributed by atoms with E-state index in [9.17, 15) is 4.79 Å². The van der Waals surface area contributed by atoms with Crippen molar-refractivity contribution < 1.29 is 9.53 Å². The lowest BCUT2D eigenvalue weighted by Gasteiger charge is -2.14. The van der Waals surface area contributed by atoms with E-state index >= 15 is 0 Å². The number of carbonyl (C=O) groups excluding carboxylic acids is 1. The lowest BCUT2D eigenvalue weighted by atomic mass is 10.0. The number of hydrogen-bond acceptors (Lipinski definition) is 3. The highest BCUT2D eigenvalue weighted by atomic mass is 79.9. The second-order valence-electron chi connectivity index (χ2n) is 4.78. The SMILES string of the molecule is CC1OCCC1CNCC(=O)Nc1ccccc1Br. The molecule has 2 rings (SSSR count). The molecule has 0 radical (unpaired) electrons. The van der Waals surface area contributed by atoms with E-state index in [1.807, 2.05) is 24.3 Å². The average Bonchev–Trinajstić information content (AvgIpc) is 2.78. The van der Waals surface area contributed by atoms with Gasteiger partial charge in [-0.3, -0.25) is 4.79 Å². The summed E-state index contributed by atoms with van der Waals surface area (Å²) in [4.78, 5) is 11.8. The largest absolute Gasteiger partial charge is 0.378 e. The quantitative estimate of drug-likeness (QED) is 0.873. The Hall–Kier alpha value is -0.910. The molecule has 104 valence electrons. The second kappa shape index (κ2) is 7.03. The van der Waals surface area contributed by atoms with Crippen LogP contribution in [0.1, 0.15) is 13.3 Å². The van der Waals surface area contributed by atoms with Gasteiger partial charge in [0.15, 0.2) is 0 Å². The lowest BCUT2D eigenvalue weighted by molar-refractivity contribution is -0.115. The Morgan fingerprint density at radius 2 is 2.26 bits per heavy atom. The first-order chi connectivity index (χ1) is 9.16. The highest BCUT2D eigenvalue weighted by Crippen LogP contribution is 2.21. The van der Waals surface area contributed by atoms with Crippen LogP contribution >= 0.6 is 15.9 Å². The summed E-state index contributed by atoms with van der Waals surface area (Å²) in [6.45, 7) is 4.06. The van der Waals surface area contributed by atoms with Gasteiger partial charge in [0.05, 0.1) is 18.3 Å². The molecule has 1 fully saturated rings. The Morgan fingerprint density at radius 3 is 2.95 bits per heavy atom. The maximum absolute atomic E-state index is 11.8. The highest BCUT2D eigenvalue weighted by Gasteiger charge is 2.23. The zero-order valence-electron chi connectivity index (χ0n) is 11.0. The molecule has 1 aliphatic rings. The fourth-order valence-electron chi connectivity index (χ4n) is 2.17. The summed E-state index contributed by atoms with van der Waals surface area (Å²) in [6, 6.07) is 7.58. The maximum Gasteiger partial charge on any atom is 0.238 e. The van der Waals surface area contributed by atoms with Crippen LogP contribution in [0.25, 0.3) is 0 Å². The van der Waals surface area contributed by atoms with E-state index in [1.54, 1.807) is 0 Å². The van der Waals surface area contributed by atoms with Crippen molar-refractivity contribution in [3.63, 3.8) is 0 Å². The monoisotopic (exact) mass is 326 g/mol. The van der Waals surface area contributed by atoms with Crippen LogP contribution in [0.5, 0.6) is 0 Å². The van der Waals surface area contributed by atoms with Gasteiger partial charge in [0, 0.05) is 17.6 Å². The number of amides is 1. The zero-order chi connectivity index (χ0) is 13.7. The summed E-state index contributed by atoms with van der Waals surface area (Å²) in [5.41, 5.74) is 0.798. The lowest BCUT2D eigenvalue weighted by Crippen LogP contribution is -2.33. The van der Waals surface area contributed by atoms with Crippen LogP contribution in [0.3, 0.4) is 0 Å². The minimum atomic E-state index is -0.0292. The smallest absolute Gasteiger partial charge is 0.238 e. The molecule has 1 saturated heterocycles. The van der Waals surface area contributed by atoms with Gasteiger partial charge in [-0.1, -0.05) is 12.1 Å². The van der Waals surface area contributed by atoms with Gasteiger partial charge in [-0.05, 0) is 47.3 Å². The molecule has 19 heavy (non-hydrogen) atoms. The van der Waals surface area contributed by atoms with E-state index in [4.69, 9.17) is 4.74 Å². The molecule has 4 nitrogen and oxygen atoms in total. The van der Waals surface area contributed by atoms with E-state index in [1.165, 1.54) is 0 Å². The molecule has 2 atom stereocenters. The zero-order valence-corrected chi connectivity index (χ0v) is 12.6.